The van der Waals surface area contributed by atoms with E-state index in [1.165, 1.54) is 35.8 Å². The molecule has 8 heteroatoms. The number of H-pyrrole nitrogens is 1. The van der Waals surface area contributed by atoms with Crippen molar-refractivity contribution in [2.75, 3.05) is 6.26 Å². The third kappa shape index (κ3) is 3.45. The van der Waals surface area contributed by atoms with Crippen molar-refractivity contribution in [2.45, 2.75) is 15.3 Å². The highest BCUT2D eigenvalue weighted by molar-refractivity contribution is 7.99. The van der Waals surface area contributed by atoms with Crippen molar-refractivity contribution in [2.24, 2.45) is 0 Å². The number of rotatable bonds is 3. The molecule has 0 aliphatic rings. The molecule has 0 amide bonds. The first-order valence-electron chi connectivity index (χ1n) is 4.49. The van der Waals surface area contributed by atoms with Gasteiger partial charge in [0.1, 0.15) is 10.2 Å². The van der Waals surface area contributed by atoms with Crippen LogP contribution in [0.25, 0.3) is 0 Å². The summed E-state index contributed by atoms with van der Waals surface area (Å²) in [6.45, 7) is 0. The standard InChI is InChI=1S/C9H7ClN4OS2/c1-16-9-12-5(10)4-7(14-9)17-8-11-3-2-6(15)13-8/h2-4H,1H3,(H,11,13,15). The van der Waals surface area contributed by atoms with E-state index in [1.807, 2.05) is 6.26 Å². The lowest BCUT2D eigenvalue weighted by atomic mass is 10.7. The highest BCUT2D eigenvalue weighted by atomic mass is 35.5. The minimum atomic E-state index is -0.201. The molecule has 0 saturated carbocycles. The fourth-order valence-electron chi connectivity index (χ4n) is 1.02. The van der Waals surface area contributed by atoms with Crippen LogP contribution >= 0.6 is 35.1 Å². The molecule has 0 unspecified atom stereocenters. The van der Waals surface area contributed by atoms with Crippen LogP contribution in [-0.4, -0.2) is 26.2 Å². The maximum atomic E-state index is 11.1. The first kappa shape index (κ1) is 12.4. The van der Waals surface area contributed by atoms with Gasteiger partial charge in [0.25, 0.3) is 5.56 Å². The molecule has 0 bridgehead atoms. The van der Waals surface area contributed by atoms with Crippen LogP contribution < -0.4 is 5.56 Å². The second kappa shape index (κ2) is 5.52. The lowest BCUT2D eigenvalue weighted by Crippen LogP contribution is -2.05. The minimum Gasteiger partial charge on any atom is -0.301 e. The van der Waals surface area contributed by atoms with Gasteiger partial charge >= 0.3 is 0 Å². The summed E-state index contributed by atoms with van der Waals surface area (Å²) in [5.74, 6) is 0. The summed E-state index contributed by atoms with van der Waals surface area (Å²) in [5.41, 5.74) is -0.201. The first-order valence-corrected chi connectivity index (χ1v) is 6.91. The topological polar surface area (TPSA) is 71.5 Å². The Hall–Kier alpha value is -1.05. The van der Waals surface area contributed by atoms with Gasteiger partial charge in [0.15, 0.2) is 10.3 Å². The highest BCUT2D eigenvalue weighted by Gasteiger charge is 2.05. The zero-order chi connectivity index (χ0) is 12.3. The smallest absolute Gasteiger partial charge is 0.251 e. The van der Waals surface area contributed by atoms with Crippen LogP contribution in [0.15, 0.2) is 38.5 Å². The number of halogens is 1. The molecule has 2 rings (SSSR count). The summed E-state index contributed by atoms with van der Waals surface area (Å²) in [6.07, 6.45) is 3.31. The normalized spacial score (nSPS) is 10.5. The van der Waals surface area contributed by atoms with Crippen LogP contribution in [0.5, 0.6) is 0 Å². The van der Waals surface area contributed by atoms with E-state index in [4.69, 9.17) is 11.6 Å². The number of hydrogen-bond acceptors (Lipinski definition) is 6. The highest BCUT2D eigenvalue weighted by Crippen LogP contribution is 2.25. The lowest BCUT2D eigenvalue weighted by molar-refractivity contribution is 0.881. The summed E-state index contributed by atoms with van der Waals surface area (Å²) in [5, 5.41) is 2.06. The average molecular weight is 287 g/mol. The van der Waals surface area contributed by atoms with Gasteiger partial charge in [-0.2, -0.15) is 0 Å². The fraction of sp³-hybridized carbons (Fsp3) is 0.111. The molecular weight excluding hydrogens is 280 g/mol. The molecule has 0 saturated heterocycles. The van der Waals surface area contributed by atoms with E-state index in [1.54, 1.807) is 6.07 Å². The molecule has 0 aliphatic carbocycles. The summed E-state index contributed by atoms with van der Waals surface area (Å²) in [6, 6.07) is 2.98. The summed E-state index contributed by atoms with van der Waals surface area (Å²) < 4.78 is 0. The van der Waals surface area contributed by atoms with Crippen molar-refractivity contribution < 1.29 is 0 Å². The summed E-state index contributed by atoms with van der Waals surface area (Å²) in [7, 11) is 0. The van der Waals surface area contributed by atoms with E-state index < -0.39 is 0 Å². The monoisotopic (exact) mass is 286 g/mol. The number of nitrogens with zero attached hydrogens (tertiary/aromatic N) is 3. The van der Waals surface area contributed by atoms with Gasteiger partial charge in [-0.1, -0.05) is 23.4 Å². The molecule has 0 fully saturated rings. The molecule has 1 N–H and O–H groups in total. The van der Waals surface area contributed by atoms with Crippen LogP contribution in [0.4, 0.5) is 0 Å². The zero-order valence-electron chi connectivity index (χ0n) is 8.68. The van der Waals surface area contributed by atoms with Gasteiger partial charge in [-0.25, -0.2) is 15.0 Å². The van der Waals surface area contributed by atoms with E-state index in [2.05, 4.69) is 19.9 Å². The van der Waals surface area contributed by atoms with Gasteiger partial charge in [-0.05, 0) is 18.0 Å². The largest absolute Gasteiger partial charge is 0.301 e. The number of nitrogens with one attached hydrogen (secondary N) is 1. The van der Waals surface area contributed by atoms with Gasteiger partial charge in [-0.15, -0.1) is 0 Å². The Balaban J connectivity index is 2.29. The molecule has 0 aliphatic heterocycles. The Bertz CT molecular complexity index is 589. The van der Waals surface area contributed by atoms with E-state index >= 15 is 0 Å². The lowest BCUT2D eigenvalue weighted by Gasteiger charge is -2.01. The van der Waals surface area contributed by atoms with E-state index in [0.29, 0.717) is 20.5 Å². The van der Waals surface area contributed by atoms with Gasteiger partial charge in [0, 0.05) is 18.3 Å². The van der Waals surface area contributed by atoms with Crippen molar-refractivity contribution in [1.82, 2.24) is 19.9 Å². The molecule has 2 heterocycles. The quantitative estimate of drug-likeness (QED) is 0.529. The Morgan fingerprint density at radius 2 is 2.24 bits per heavy atom. The molecule has 2 aromatic rings. The van der Waals surface area contributed by atoms with Gasteiger partial charge in [0.2, 0.25) is 0 Å². The molecule has 5 nitrogen and oxygen atoms in total. The Morgan fingerprint density at radius 3 is 2.94 bits per heavy atom. The zero-order valence-corrected chi connectivity index (χ0v) is 11.1. The molecular formula is C9H7ClN4OS2. The molecule has 2 aromatic heterocycles. The molecule has 0 aromatic carbocycles. The van der Waals surface area contributed by atoms with Crippen molar-refractivity contribution in [3.8, 4) is 0 Å². The van der Waals surface area contributed by atoms with Crippen molar-refractivity contribution in [3.05, 3.63) is 33.8 Å². The maximum absolute atomic E-state index is 11.1. The molecule has 0 atom stereocenters. The third-order valence-corrected chi connectivity index (χ3v) is 3.24. The van der Waals surface area contributed by atoms with E-state index in [0.717, 1.165) is 0 Å². The predicted octanol–water partition coefficient (Wildman–Crippen LogP) is 2.09. The first-order chi connectivity index (χ1) is 8.17. The van der Waals surface area contributed by atoms with Crippen LogP contribution in [-0.2, 0) is 0 Å². The number of thioether (sulfide) groups is 1. The summed E-state index contributed by atoms with van der Waals surface area (Å²) >= 11 is 8.48. The second-order valence-corrected chi connectivity index (χ2v) is 5.03. The van der Waals surface area contributed by atoms with Crippen LogP contribution in [0.1, 0.15) is 0 Å². The SMILES string of the molecule is CSc1nc(Cl)cc(Sc2nccc(=O)[nH]2)n1. The number of aromatic nitrogens is 4. The Morgan fingerprint density at radius 1 is 1.41 bits per heavy atom. The molecule has 88 valence electrons. The van der Waals surface area contributed by atoms with Crippen molar-refractivity contribution >= 4 is 35.1 Å². The number of hydrogen-bond donors (Lipinski definition) is 1. The fourth-order valence-corrected chi connectivity index (χ4v) is 2.52. The van der Waals surface area contributed by atoms with Crippen molar-refractivity contribution in [3.63, 3.8) is 0 Å². The van der Waals surface area contributed by atoms with Gasteiger partial charge in [0.05, 0.1) is 0 Å². The summed E-state index contributed by atoms with van der Waals surface area (Å²) in [4.78, 5) is 26.0. The van der Waals surface area contributed by atoms with Crippen LogP contribution in [0.2, 0.25) is 5.15 Å². The number of aromatic amines is 1. The molecule has 0 spiro atoms. The average Bonchev–Trinajstić information content (AvgIpc) is 2.28. The minimum absolute atomic E-state index is 0.201. The molecule has 0 radical (unpaired) electrons. The third-order valence-electron chi connectivity index (χ3n) is 1.68. The maximum Gasteiger partial charge on any atom is 0.251 e. The Labute approximate surface area is 110 Å². The molecule has 17 heavy (non-hydrogen) atoms. The van der Waals surface area contributed by atoms with Crippen LogP contribution in [0, 0.1) is 0 Å². The predicted molar refractivity (Wildman–Crippen MR) is 67.8 cm³/mol. The second-order valence-electron chi connectivity index (χ2n) is 2.86. The van der Waals surface area contributed by atoms with E-state index in [-0.39, 0.29) is 5.56 Å². The van der Waals surface area contributed by atoms with Gasteiger partial charge < -0.3 is 4.98 Å². The van der Waals surface area contributed by atoms with Crippen molar-refractivity contribution in [1.29, 1.82) is 0 Å². The van der Waals surface area contributed by atoms with Crippen LogP contribution in [0.3, 0.4) is 0 Å². The van der Waals surface area contributed by atoms with Gasteiger partial charge in [-0.3, -0.25) is 4.79 Å². The van der Waals surface area contributed by atoms with E-state index in [9.17, 15) is 4.79 Å². The Kier molecular flexibility index (Phi) is 4.03.